The van der Waals surface area contributed by atoms with Gasteiger partial charge in [0.2, 0.25) is 5.91 Å². The first-order valence-electron chi connectivity index (χ1n) is 6.58. The highest BCUT2D eigenvalue weighted by Gasteiger charge is 2.28. The summed E-state index contributed by atoms with van der Waals surface area (Å²) in [6.07, 6.45) is 3.43. The number of benzene rings is 1. The third-order valence-electron chi connectivity index (χ3n) is 3.51. The largest absolute Gasteiger partial charge is 0.312 e. The van der Waals surface area contributed by atoms with Crippen molar-refractivity contribution < 1.29 is 9.59 Å². The zero-order valence-corrected chi connectivity index (χ0v) is 11.2. The predicted molar refractivity (Wildman–Crippen MR) is 76.6 cm³/mol. The Kier molecular flexibility index (Phi) is 3.06. The van der Waals surface area contributed by atoms with Crippen LogP contribution in [-0.4, -0.2) is 23.2 Å². The molecule has 0 radical (unpaired) electrons. The number of hydrogen-bond acceptors (Lipinski definition) is 3. The summed E-state index contributed by atoms with van der Waals surface area (Å²) in [5, 5.41) is 0. The van der Waals surface area contributed by atoms with Crippen LogP contribution in [0.2, 0.25) is 0 Å². The minimum absolute atomic E-state index is 0.0443. The molecular weight excluding hydrogens is 252 g/mol. The molecule has 0 fully saturated rings. The monoisotopic (exact) mass is 266 g/mol. The maximum absolute atomic E-state index is 12.1. The molecule has 0 bridgehead atoms. The molecular formula is C16H14N2O2. The van der Waals surface area contributed by atoms with E-state index in [0.717, 1.165) is 11.1 Å². The molecule has 0 saturated carbocycles. The Hall–Kier alpha value is -2.49. The molecule has 0 N–H and O–H groups in total. The molecule has 0 spiro atoms. The lowest BCUT2D eigenvalue weighted by Gasteiger charge is -2.27. The van der Waals surface area contributed by atoms with E-state index in [1.807, 2.05) is 37.3 Å². The molecule has 0 aliphatic carbocycles. The molecule has 0 unspecified atom stereocenters. The van der Waals surface area contributed by atoms with Crippen LogP contribution in [0.3, 0.4) is 0 Å². The summed E-state index contributed by atoms with van der Waals surface area (Å²) < 4.78 is 0. The summed E-state index contributed by atoms with van der Waals surface area (Å²) in [4.78, 5) is 29.7. The number of hydrogen-bond donors (Lipinski definition) is 0. The lowest BCUT2D eigenvalue weighted by molar-refractivity contribution is -0.117. The number of Topliss-reactive ketones (excluding diaryl/α,β-unsaturated/α-hetero) is 1. The van der Waals surface area contributed by atoms with E-state index < -0.39 is 0 Å². The molecule has 1 aliphatic rings. The molecule has 1 aromatic carbocycles. The van der Waals surface area contributed by atoms with Crippen LogP contribution in [0.4, 0.5) is 5.69 Å². The molecule has 2 heterocycles. The van der Waals surface area contributed by atoms with Crippen LogP contribution in [0.1, 0.15) is 23.7 Å². The number of carbonyl (C=O) groups excluding carboxylic acids is 2. The van der Waals surface area contributed by atoms with Gasteiger partial charge >= 0.3 is 0 Å². The van der Waals surface area contributed by atoms with Gasteiger partial charge in [-0.15, -0.1) is 0 Å². The summed E-state index contributed by atoms with van der Waals surface area (Å²) in [6.45, 7) is 2.48. The highest BCUT2D eigenvalue weighted by Crippen LogP contribution is 2.31. The van der Waals surface area contributed by atoms with Crippen LogP contribution in [-0.2, 0) is 4.79 Å². The number of nitrogens with zero attached hydrogens (tertiary/aromatic N) is 2. The maximum atomic E-state index is 12.1. The summed E-state index contributed by atoms with van der Waals surface area (Å²) >= 11 is 0. The van der Waals surface area contributed by atoms with Crippen molar-refractivity contribution in [2.24, 2.45) is 0 Å². The van der Waals surface area contributed by atoms with Crippen molar-refractivity contribution in [2.45, 2.75) is 13.3 Å². The third kappa shape index (κ3) is 1.99. The summed E-state index contributed by atoms with van der Waals surface area (Å²) in [6, 6.07) is 9.42. The van der Waals surface area contributed by atoms with Crippen molar-refractivity contribution in [3.8, 4) is 11.1 Å². The van der Waals surface area contributed by atoms with Gasteiger partial charge in [-0.2, -0.15) is 0 Å². The van der Waals surface area contributed by atoms with E-state index in [9.17, 15) is 9.59 Å². The van der Waals surface area contributed by atoms with Crippen molar-refractivity contribution in [1.29, 1.82) is 0 Å². The van der Waals surface area contributed by atoms with Crippen LogP contribution in [0, 0.1) is 0 Å². The molecule has 20 heavy (non-hydrogen) atoms. The molecule has 0 atom stereocenters. The fourth-order valence-corrected chi connectivity index (χ4v) is 2.52. The number of amides is 1. The van der Waals surface area contributed by atoms with Crippen LogP contribution >= 0.6 is 0 Å². The first-order valence-corrected chi connectivity index (χ1v) is 6.58. The van der Waals surface area contributed by atoms with Crippen LogP contribution < -0.4 is 4.90 Å². The highest BCUT2D eigenvalue weighted by molar-refractivity contribution is 6.19. The van der Waals surface area contributed by atoms with Crippen LogP contribution in [0.25, 0.3) is 11.1 Å². The van der Waals surface area contributed by atoms with Crippen molar-refractivity contribution in [3.63, 3.8) is 0 Å². The van der Waals surface area contributed by atoms with Crippen LogP contribution in [0.15, 0.2) is 42.7 Å². The van der Waals surface area contributed by atoms with Gasteiger partial charge in [-0.3, -0.25) is 14.6 Å². The van der Waals surface area contributed by atoms with E-state index in [-0.39, 0.29) is 18.1 Å². The van der Waals surface area contributed by atoms with E-state index in [1.54, 1.807) is 17.3 Å². The normalized spacial score (nSPS) is 14.3. The van der Waals surface area contributed by atoms with E-state index >= 15 is 0 Å². The van der Waals surface area contributed by atoms with Gasteiger partial charge in [0.15, 0.2) is 5.78 Å². The average Bonchev–Trinajstić information content (AvgIpc) is 2.48. The number of anilines is 1. The molecule has 4 heteroatoms. The standard InChI is InChI=1S/C16H14N2O2/c1-2-18-14-6-5-11(12-4-3-7-17-10-12)8-13(14)15(19)9-16(18)20/h3-8,10H,2,9H2,1H3. The lowest BCUT2D eigenvalue weighted by Crippen LogP contribution is -2.37. The number of aromatic nitrogens is 1. The van der Waals surface area contributed by atoms with Crippen molar-refractivity contribution in [2.75, 3.05) is 11.4 Å². The second-order valence-corrected chi connectivity index (χ2v) is 4.71. The Bertz CT molecular complexity index is 680. The zero-order chi connectivity index (χ0) is 14.1. The van der Waals surface area contributed by atoms with Crippen molar-refractivity contribution >= 4 is 17.4 Å². The minimum Gasteiger partial charge on any atom is -0.312 e. The fraction of sp³-hybridized carbons (Fsp3) is 0.188. The van der Waals surface area contributed by atoms with E-state index in [0.29, 0.717) is 17.8 Å². The average molecular weight is 266 g/mol. The molecule has 100 valence electrons. The molecule has 2 aromatic rings. The van der Waals surface area contributed by atoms with Gasteiger partial charge in [0, 0.05) is 30.1 Å². The maximum Gasteiger partial charge on any atom is 0.234 e. The molecule has 3 rings (SSSR count). The fourth-order valence-electron chi connectivity index (χ4n) is 2.52. The van der Waals surface area contributed by atoms with E-state index in [2.05, 4.69) is 4.98 Å². The summed E-state index contributed by atoms with van der Waals surface area (Å²) in [7, 11) is 0. The second kappa shape index (κ2) is 4.89. The quantitative estimate of drug-likeness (QED) is 0.785. The molecule has 1 aromatic heterocycles. The Balaban J connectivity index is 2.11. The number of rotatable bonds is 2. The molecule has 1 aliphatic heterocycles. The number of carbonyl (C=O) groups is 2. The predicted octanol–water partition coefficient (Wildman–Crippen LogP) is 2.69. The van der Waals surface area contributed by atoms with E-state index in [1.165, 1.54) is 0 Å². The molecule has 4 nitrogen and oxygen atoms in total. The highest BCUT2D eigenvalue weighted by atomic mass is 16.2. The Morgan fingerprint density at radius 3 is 2.75 bits per heavy atom. The number of fused-ring (bicyclic) bond motifs is 1. The zero-order valence-electron chi connectivity index (χ0n) is 11.2. The Morgan fingerprint density at radius 1 is 1.20 bits per heavy atom. The van der Waals surface area contributed by atoms with Gasteiger partial charge in [0.25, 0.3) is 0 Å². The topological polar surface area (TPSA) is 50.3 Å². The van der Waals surface area contributed by atoms with Gasteiger partial charge in [-0.1, -0.05) is 12.1 Å². The lowest BCUT2D eigenvalue weighted by atomic mass is 9.95. The number of ketones is 1. The SMILES string of the molecule is CCN1C(=O)CC(=O)c2cc(-c3cccnc3)ccc21. The van der Waals surface area contributed by atoms with Gasteiger partial charge in [-0.25, -0.2) is 0 Å². The summed E-state index contributed by atoms with van der Waals surface area (Å²) in [5.41, 5.74) is 3.23. The second-order valence-electron chi connectivity index (χ2n) is 4.71. The summed E-state index contributed by atoms with van der Waals surface area (Å²) in [5.74, 6) is -0.237. The van der Waals surface area contributed by atoms with Gasteiger partial charge < -0.3 is 4.90 Å². The van der Waals surface area contributed by atoms with Gasteiger partial charge in [-0.05, 0) is 30.7 Å². The first-order chi connectivity index (χ1) is 9.70. The Morgan fingerprint density at radius 2 is 2.05 bits per heavy atom. The van der Waals surface area contributed by atoms with Gasteiger partial charge in [0.05, 0.1) is 12.1 Å². The molecule has 1 amide bonds. The molecule has 0 saturated heterocycles. The van der Waals surface area contributed by atoms with Gasteiger partial charge in [0.1, 0.15) is 0 Å². The van der Waals surface area contributed by atoms with Crippen molar-refractivity contribution in [1.82, 2.24) is 4.98 Å². The number of pyridine rings is 1. The smallest absolute Gasteiger partial charge is 0.234 e. The third-order valence-corrected chi connectivity index (χ3v) is 3.51. The van der Waals surface area contributed by atoms with Crippen LogP contribution in [0.5, 0.6) is 0 Å². The van der Waals surface area contributed by atoms with E-state index in [4.69, 9.17) is 0 Å². The first kappa shape index (κ1) is 12.5. The Labute approximate surface area is 117 Å². The minimum atomic E-state index is -0.126. The van der Waals surface area contributed by atoms with Crippen molar-refractivity contribution in [3.05, 3.63) is 48.3 Å².